The smallest absolute Gasteiger partial charge is 0.320 e. The van der Waals surface area contributed by atoms with Gasteiger partial charge < -0.3 is 15.6 Å². The van der Waals surface area contributed by atoms with Crippen LogP contribution < -0.4 is 5.73 Å². The molecule has 1 fully saturated rings. The number of aliphatic carboxylic acids is 1. The third-order valence-electron chi connectivity index (χ3n) is 3.08. The molecule has 7 heteroatoms. The summed E-state index contributed by atoms with van der Waals surface area (Å²) in [5.41, 5.74) is 7.78. The first-order chi connectivity index (χ1) is 9.26. The number of epoxide rings is 1. The Hall–Kier alpha value is -1.44. The van der Waals surface area contributed by atoms with Crippen molar-refractivity contribution in [2.24, 2.45) is 5.73 Å². The van der Waals surface area contributed by atoms with E-state index >= 15 is 0 Å². The number of sulfone groups is 1. The summed E-state index contributed by atoms with van der Waals surface area (Å²) in [6, 6.07) is 4.25. The summed E-state index contributed by atoms with van der Waals surface area (Å²) in [6.07, 6.45) is 1.29. The van der Waals surface area contributed by atoms with E-state index in [2.05, 4.69) is 0 Å². The summed E-state index contributed by atoms with van der Waals surface area (Å²) in [5.74, 6) is -1.11. The van der Waals surface area contributed by atoms with Gasteiger partial charge in [-0.2, -0.15) is 0 Å². The zero-order chi connectivity index (χ0) is 14.9. The highest BCUT2D eigenvalue weighted by molar-refractivity contribution is 7.89. The lowest BCUT2D eigenvalue weighted by atomic mass is 9.99. The van der Waals surface area contributed by atoms with Gasteiger partial charge in [0.1, 0.15) is 12.1 Å². The molecule has 110 valence electrons. The van der Waals surface area contributed by atoms with Gasteiger partial charge in [-0.05, 0) is 23.1 Å². The maximum atomic E-state index is 11.4. The van der Waals surface area contributed by atoms with Crippen molar-refractivity contribution >= 4 is 15.8 Å². The molecule has 1 heterocycles. The van der Waals surface area contributed by atoms with Crippen LogP contribution in [0.4, 0.5) is 0 Å². The number of ether oxygens (including phenoxy) is 1. The topological polar surface area (TPSA) is 110 Å². The van der Waals surface area contributed by atoms with Crippen LogP contribution in [0.5, 0.6) is 0 Å². The Labute approximate surface area is 117 Å². The Morgan fingerprint density at radius 3 is 2.70 bits per heavy atom. The number of hydrogen-bond acceptors (Lipinski definition) is 5. The molecule has 0 radical (unpaired) electrons. The molecular formula is C13H17NO5S. The number of rotatable bonds is 6. The zero-order valence-corrected chi connectivity index (χ0v) is 11.9. The van der Waals surface area contributed by atoms with Crippen molar-refractivity contribution in [1.29, 1.82) is 0 Å². The molecule has 0 aliphatic carbocycles. The fourth-order valence-electron chi connectivity index (χ4n) is 2.05. The van der Waals surface area contributed by atoms with Gasteiger partial charge in [-0.25, -0.2) is 8.42 Å². The molecule has 1 aliphatic heterocycles. The Morgan fingerprint density at radius 2 is 2.20 bits per heavy atom. The standard InChI is InChI=1S/C13H17NO5S/c1-20(17,18)7-9-3-2-8(5-11(14)13(15)16)4-10(9)12-6-19-12/h2-4,11-12H,5-7,14H2,1H3,(H,15,16). The lowest BCUT2D eigenvalue weighted by Gasteiger charge is -2.11. The maximum Gasteiger partial charge on any atom is 0.320 e. The van der Waals surface area contributed by atoms with E-state index in [9.17, 15) is 13.2 Å². The summed E-state index contributed by atoms with van der Waals surface area (Å²) in [5, 5.41) is 8.81. The van der Waals surface area contributed by atoms with Gasteiger partial charge in [-0.15, -0.1) is 0 Å². The highest BCUT2D eigenvalue weighted by atomic mass is 32.2. The van der Waals surface area contributed by atoms with Gasteiger partial charge in [0.15, 0.2) is 9.84 Å². The molecule has 2 atom stereocenters. The summed E-state index contributed by atoms with van der Waals surface area (Å²) >= 11 is 0. The minimum atomic E-state index is -3.13. The highest BCUT2D eigenvalue weighted by Gasteiger charge is 2.28. The first-order valence-electron chi connectivity index (χ1n) is 6.15. The number of hydrogen-bond donors (Lipinski definition) is 2. The number of carboxylic acids is 1. The van der Waals surface area contributed by atoms with Gasteiger partial charge in [0.25, 0.3) is 0 Å². The molecule has 2 unspecified atom stereocenters. The largest absolute Gasteiger partial charge is 0.480 e. The van der Waals surface area contributed by atoms with E-state index in [4.69, 9.17) is 15.6 Å². The van der Waals surface area contributed by atoms with E-state index in [1.165, 1.54) is 6.26 Å². The molecule has 0 aromatic heterocycles. The average Bonchev–Trinajstić information content (AvgIpc) is 3.13. The third-order valence-corrected chi connectivity index (χ3v) is 3.92. The molecule has 0 bridgehead atoms. The van der Waals surface area contributed by atoms with Crippen LogP contribution in [0.25, 0.3) is 0 Å². The Morgan fingerprint density at radius 1 is 1.55 bits per heavy atom. The predicted octanol–water partition coefficient (Wildman–Crippen LogP) is 0.257. The third kappa shape index (κ3) is 4.03. The number of carbonyl (C=O) groups is 1. The zero-order valence-electron chi connectivity index (χ0n) is 11.1. The van der Waals surface area contributed by atoms with E-state index in [1.807, 2.05) is 0 Å². The van der Waals surface area contributed by atoms with Gasteiger partial charge >= 0.3 is 5.97 Å². The van der Waals surface area contributed by atoms with E-state index in [-0.39, 0.29) is 18.3 Å². The Kier molecular flexibility index (Phi) is 4.12. The normalized spacial score (nSPS) is 19.6. The van der Waals surface area contributed by atoms with Crippen molar-refractivity contribution in [1.82, 2.24) is 0 Å². The summed E-state index contributed by atoms with van der Waals surface area (Å²) in [6.45, 7) is 0.561. The minimum Gasteiger partial charge on any atom is -0.480 e. The van der Waals surface area contributed by atoms with E-state index in [1.54, 1.807) is 18.2 Å². The average molecular weight is 299 g/mol. The maximum absolute atomic E-state index is 11.4. The van der Waals surface area contributed by atoms with Crippen LogP contribution in [-0.4, -0.2) is 38.4 Å². The monoisotopic (exact) mass is 299 g/mol. The fraction of sp³-hybridized carbons (Fsp3) is 0.462. The highest BCUT2D eigenvalue weighted by Crippen LogP contribution is 2.33. The van der Waals surface area contributed by atoms with Crippen molar-refractivity contribution in [3.8, 4) is 0 Å². The van der Waals surface area contributed by atoms with Gasteiger partial charge in [0.2, 0.25) is 0 Å². The lowest BCUT2D eigenvalue weighted by Crippen LogP contribution is -2.32. The molecule has 0 saturated carbocycles. The quantitative estimate of drug-likeness (QED) is 0.729. The van der Waals surface area contributed by atoms with Crippen molar-refractivity contribution in [2.75, 3.05) is 12.9 Å². The van der Waals surface area contributed by atoms with Crippen molar-refractivity contribution in [3.05, 3.63) is 34.9 Å². The van der Waals surface area contributed by atoms with Crippen LogP contribution >= 0.6 is 0 Å². The number of nitrogens with two attached hydrogens (primary N) is 1. The molecule has 20 heavy (non-hydrogen) atoms. The van der Waals surface area contributed by atoms with Gasteiger partial charge in [-0.1, -0.05) is 18.2 Å². The second-order valence-corrected chi connectivity index (χ2v) is 7.21. The van der Waals surface area contributed by atoms with Crippen molar-refractivity contribution in [2.45, 2.75) is 24.3 Å². The van der Waals surface area contributed by atoms with Gasteiger partial charge in [0, 0.05) is 6.26 Å². The lowest BCUT2D eigenvalue weighted by molar-refractivity contribution is -0.138. The fourth-order valence-corrected chi connectivity index (χ4v) is 2.88. The van der Waals surface area contributed by atoms with E-state index < -0.39 is 21.8 Å². The summed E-state index contributed by atoms with van der Waals surface area (Å²) in [4.78, 5) is 10.8. The SMILES string of the molecule is CS(=O)(=O)Cc1ccc(CC(N)C(=O)O)cc1C1CO1. The predicted molar refractivity (Wildman–Crippen MR) is 73.0 cm³/mol. The van der Waals surface area contributed by atoms with Crippen LogP contribution in [0.2, 0.25) is 0 Å². The first-order valence-corrected chi connectivity index (χ1v) is 8.22. The van der Waals surface area contributed by atoms with E-state index in [0.717, 1.165) is 11.1 Å². The number of carboxylic acid groups (broad SMARTS) is 1. The van der Waals surface area contributed by atoms with Crippen LogP contribution in [-0.2, 0) is 31.5 Å². The molecule has 1 saturated heterocycles. The van der Waals surface area contributed by atoms with Crippen molar-refractivity contribution < 1.29 is 23.1 Å². The Bertz CT molecular complexity index is 622. The second kappa shape index (κ2) is 5.51. The van der Waals surface area contributed by atoms with Gasteiger partial charge in [-0.3, -0.25) is 4.79 Å². The van der Waals surface area contributed by atoms with Gasteiger partial charge in [0.05, 0.1) is 12.4 Å². The second-order valence-electron chi connectivity index (χ2n) is 5.07. The summed E-state index contributed by atoms with van der Waals surface area (Å²) < 4.78 is 28.0. The van der Waals surface area contributed by atoms with Crippen LogP contribution in [0.3, 0.4) is 0 Å². The molecule has 3 N–H and O–H groups in total. The Balaban J connectivity index is 2.26. The minimum absolute atomic E-state index is 0.0482. The summed E-state index contributed by atoms with van der Waals surface area (Å²) in [7, 11) is -3.13. The van der Waals surface area contributed by atoms with Crippen LogP contribution in [0.15, 0.2) is 18.2 Å². The molecule has 1 aliphatic rings. The molecule has 6 nitrogen and oxygen atoms in total. The molecular weight excluding hydrogens is 282 g/mol. The molecule has 2 rings (SSSR count). The van der Waals surface area contributed by atoms with E-state index in [0.29, 0.717) is 12.2 Å². The van der Waals surface area contributed by atoms with Crippen LogP contribution in [0.1, 0.15) is 22.8 Å². The molecule has 1 aromatic rings. The molecule has 0 spiro atoms. The van der Waals surface area contributed by atoms with Crippen LogP contribution in [0, 0.1) is 0 Å². The molecule has 0 amide bonds. The number of benzene rings is 1. The first kappa shape index (κ1) is 15.0. The molecule has 1 aromatic carbocycles. The van der Waals surface area contributed by atoms with Crippen molar-refractivity contribution in [3.63, 3.8) is 0 Å².